The molecule has 0 amide bonds. The molecule has 0 aromatic rings. The molecule has 0 bridgehead atoms. The molecule has 0 aromatic carbocycles. The second-order valence-corrected chi connectivity index (χ2v) is 4.18. The van der Waals surface area contributed by atoms with Crippen molar-refractivity contribution in [3.63, 3.8) is 0 Å². The lowest BCUT2D eigenvalue weighted by Gasteiger charge is -2.03. The van der Waals surface area contributed by atoms with E-state index in [2.05, 4.69) is 0 Å². The lowest BCUT2D eigenvalue weighted by molar-refractivity contribution is 0.540. The lowest BCUT2D eigenvalue weighted by atomic mass is 10.3. The SMILES string of the molecule is O=[Si]1CCCCC1.[SiH4]. The highest BCUT2D eigenvalue weighted by molar-refractivity contribution is 6.42. The quantitative estimate of drug-likeness (QED) is 0.444. The van der Waals surface area contributed by atoms with Gasteiger partial charge in [0, 0.05) is 0 Å². The highest BCUT2D eigenvalue weighted by Crippen LogP contribution is 2.13. The maximum atomic E-state index is 10.6. The van der Waals surface area contributed by atoms with E-state index in [4.69, 9.17) is 0 Å². The summed E-state index contributed by atoms with van der Waals surface area (Å²) >= 11 is 0. The first-order valence-electron chi connectivity index (χ1n) is 2.91. The van der Waals surface area contributed by atoms with Crippen LogP contribution in [0.2, 0.25) is 12.1 Å². The first-order chi connectivity index (χ1) is 3.39. The molecule has 3 heteroatoms. The largest absolute Gasteiger partial charge is 0.388 e. The van der Waals surface area contributed by atoms with E-state index in [9.17, 15) is 4.46 Å². The summed E-state index contributed by atoms with van der Waals surface area (Å²) in [6.45, 7) is 0. The molecule has 48 valence electrons. The van der Waals surface area contributed by atoms with Crippen LogP contribution in [0.1, 0.15) is 19.3 Å². The minimum absolute atomic E-state index is 0. The normalized spacial score (nSPS) is 19.8. The third-order valence-electron chi connectivity index (χ3n) is 1.41. The van der Waals surface area contributed by atoms with Crippen molar-refractivity contribution in [3.05, 3.63) is 0 Å². The van der Waals surface area contributed by atoms with Crippen LogP contribution in [-0.4, -0.2) is 19.6 Å². The maximum Gasteiger partial charge on any atom is 0.276 e. The Labute approximate surface area is 56.2 Å². The van der Waals surface area contributed by atoms with Crippen LogP contribution in [0.15, 0.2) is 0 Å². The Kier molecular flexibility index (Phi) is 4.27. The smallest absolute Gasteiger partial charge is 0.276 e. The molecule has 0 atom stereocenters. The Balaban J connectivity index is 0.000000490. The molecule has 0 spiro atoms. The van der Waals surface area contributed by atoms with Crippen LogP contribution in [-0.2, 0) is 4.46 Å². The Morgan fingerprint density at radius 2 is 1.50 bits per heavy atom. The summed E-state index contributed by atoms with van der Waals surface area (Å²) in [6, 6.07) is 2.06. The van der Waals surface area contributed by atoms with Crippen LogP contribution in [0.3, 0.4) is 0 Å². The summed E-state index contributed by atoms with van der Waals surface area (Å²) < 4.78 is 10.6. The van der Waals surface area contributed by atoms with Crippen molar-refractivity contribution in [2.24, 2.45) is 0 Å². The predicted octanol–water partition coefficient (Wildman–Crippen LogP) is 0.141. The van der Waals surface area contributed by atoms with E-state index in [1.165, 1.54) is 19.3 Å². The molecule has 0 radical (unpaired) electrons. The van der Waals surface area contributed by atoms with E-state index in [-0.39, 0.29) is 11.0 Å². The van der Waals surface area contributed by atoms with Crippen molar-refractivity contribution < 1.29 is 4.46 Å². The molecule has 1 aliphatic rings. The van der Waals surface area contributed by atoms with Crippen LogP contribution in [0.5, 0.6) is 0 Å². The van der Waals surface area contributed by atoms with Crippen LogP contribution in [0.25, 0.3) is 0 Å². The van der Waals surface area contributed by atoms with Gasteiger partial charge in [0.1, 0.15) is 0 Å². The fourth-order valence-electron chi connectivity index (χ4n) is 0.946. The van der Waals surface area contributed by atoms with E-state index in [0.717, 1.165) is 12.1 Å². The molecule has 8 heavy (non-hydrogen) atoms. The van der Waals surface area contributed by atoms with E-state index < -0.39 is 8.68 Å². The fraction of sp³-hybridized carbons (Fsp3) is 1.00. The highest BCUT2D eigenvalue weighted by Gasteiger charge is 2.08. The first kappa shape index (κ1) is 8.23. The number of rotatable bonds is 0. The van der Waals surface area contributed by atoms with Crippen molar-refractivity contribution in [3.8, 4) is 0 Å². The lowest BCUT2D eigenvalue weighted by Crippen LogP contribution is -2.03. The molecular formula is C5H14OSi2. The van der Waals surface area contributed by atoms with Crippen LogP contribution < -0.4 is 0 Å². The third-order valence-corrected chi connectivity index (χ3v) is 3.23. The van der Waals surface area contributed by atoms with Gasteiger partial charge < -0.3 is 4.46 Å². The van der Waals surface area contributed by atoms with Gasteiger partial charge in [0.05, 0.1) is 0 Å². The van der Waals surface area contributed by atoms with Crippen LogP contribution in [0, 0.1) is 0 Å². The molecule has 0 aliphatic carbocycles. The summed E-state index contributed by atoms with van der Waals surface area (Å²) in [5, 5.41) is 0. The summed E-state index contributed by atoms with van der Waals surface area (Å²) in [5.41, 5.74) is 0. The van der Waals surface area contributed by atoms with Crippen molar-refractivity contribution in [2.45, 2.75) is 31.4 Å². The van der Waals surface area contributed by atoms with Crippen LogP contribution in [0.4, 0.5) is 0 Å². The molecule has 0 aromatic heterocycles. The molecule has 1 fully saturated rings. The van der Waals surface area contributed by atoms with Gasteiger partial charge in [0.2, 0.25) is 0 Å². The van der Waals surface area contributed by atoms with Crippen molar-refractivity contribution in [1.82, 2.24) is 0 Å². The van der Waals surface area contributed by atoms with Crippen LogP contribution >= 0.6 is 0 Å². The Bertz CT molecular complexity index is 74.5. The third kappa shape index (κ3) is 2.52. The molecule has 1 saturated heterocycles. The zero-order chi connectivity index (χ0) is 5.11. The van der Waals surface area contributed by atoms with Gasteiger partial charge in [0.15, 0.2) is 0 Å². The first-order valence-corrected chi connectivity index (χ1v) is 4.73. The van der Waals surface area contributed by atoms with Gasteiger partial charge in [-0.25, -0.2) is 0 Å². The Morgan fingerprint density at radius 3 is 1.75 bits per heavy atom. The Morgan fingerprint density at radius 1 is 1.00 bits per heavy atom. The molecule has 1 nitrogen and oxygen atoms in total. The van der Waals surface area contributed by atoms with Crippen molar-refractivity contribution in [2.75, 3.05) is 0 Å². The topological polar surface area (TPSA) is 17.1 Å². The van der Waals surface area contributed by atoms with Gasteiger partial charge in [-0.15, -0.1) is 0 Å². The van der Waals surface area contributed by atoms with Gasteiger partial charge in [-0.1, -0.05) is 6.42 Å². The minimum atomic E-state index is -1.04. The Hall–Kier alpha value is 0.234. The summed E-state index contributed by atoms with van der Waals surface area (Å²) in [4.78, 5) is 0. The van der Waals surface area contributed by atoms with Gasteiger partial charge >= 0.3 is 0 Å². The molecular weight excluding hydrogens is 132 g/mol. The molecule has 0 saturated carbocycles. The zero-order valence-electron chi connectivity index (χ0n) is 4.44. The van der Waals surface area contributed by atoms with E-state index >= 15 is 0 Å². The fourth-order valence-corrected chi connectivity index (χ4v) is 2.48. The number of hydrogen-bond donors (Lipinski definition) is 0. The monoisotopic (exact) mass is 146 g/mol. The summed E-state index contributed by atoms with van der Waals surface area (Å²) in [7, 11) is -1.04. The molecule has 0 unspecified atom stereocenters. The summed E-state index contributed by atoms with van der Waals surface area (Å²) in [5.74, 6) is 0. The predicted molar refractivity (Wildman–Crippen MR) is 41.2 cm³/mol. The molecule has 1 heterocycles. The second-order valence-electron chi connectivity index (χ2n) is 2.10. The second kappa shape index (κ2) is 4.15. The summed E-state index contributed by atoms with van der Waals surface area (Å²) in [6.07, 6.45) is 3.76. The standard InChI is InChI=1S/C5H10OSi.H4Si/c6-7-4-2-1-3-5-7;/h1-5H2;1H4. The van der Waals surface area contributed by atoms with Gasteiger partial charge in [-0.05, 0) is 35.9 Å². The number of hydrogen-bond acceptors (Lipinski definition) is 1. The molecule has 1 rings (SSSR count). The van der Waals surface area contributed by atoms with Gasteiger partial charge in [-0.2, -0.15) is 0 Å². The van der Waals surface area contributed by atoms with Crippen molar-refractivity contribution in [1.29, 1.82) is 0 Å². The van der Waals surface area contributed by atoms with Gasteiger partial charge in [-0.3, -0.25) is 0 Å². The average Bonchev–Trinajstić information content (AvgIpc) is 1.69. The highest BCUT2D eigenvalue weighted by atomic mass is 28.3. The average molecular weight is 146 g/mol. The molecule has 0 N–H and O–H groups in total. The minimum Gasteiger partial charge on any atom is -0.388 e. The maximum absolute atomic E-state index is 10.6. The van der Waals surface area contributed by atoms with Gasteiger partial charge in [0.25, 0.3) is 8.68 Å². The van der Waals surface area contributed by atoms with E-state index in [0.29, 0.717) is 0 Å². The molecule has 1 aliphatic heterocycles. The van der Waals surface area contributed by atoms with E-state index in [1.54, 1.807) is 0 Å². The van der Waals surface area contributed by atoms with E-state index in [1.807, 2.05) is 0 Å². The zero-order valence-corrected chi connectivity index (χ0v) is 5.44. The van der Waals surface area contributed by atoms with Crippen molar-refractivity contribution >= 4 is 19.6 Å².